The maximum Gasteiger partial charge on any atom is 0.137 e. The molecule has 2 nitrogen and oxygen atoms in total. The Hall–Kier alpha value is -1.92. The summed E-state index contributed by atoms with van der Waals surface area (Å²) in [7, 11) is 0. The fourth-order valence-electron chi connectivity index (χ4n) is 2.09. The molecular weight excluding hydrogens is 290 g/mol. The summed E-state index contributed by atoms with van der Waals surface area (Å²) in [5.74, 6) is 2.91. The Kier molecular flexibility index (Phi) is 6.86. The predicted molar refractivity (Wildman–Crippen MR) is 93.0 cm³/mol. The molecule has 0 amide bonds. The van der Waals surface area contributed by atoms with Crippen LogP contribution < -0.4 is 4.74 Å². The van der Waals surface area contributed by atoms with E-state index in [0.717, 1.165) is 11.3 Å². The second-order valence-electron chi connectivity index (χ2n) is 5.12. The molecule has 0 fully saturated rings. The minimum absolute atomic E-state index is 0.492. The molecule has 22 heavy (non-hydrogen) atoms. The van der Waals surface area contributed by atoms with E-state index in [-0.39, 0.29) is 0 Å². The Morgan fingerprint density at radius 2 is 1.91 bits per heavy atom. The quantitative estimate of drug-likeness (QED) is 0.630. The van der Waals surface area contributed by atoms with Crippen LogP contribution >= 0.6 is 11.8 Å². The molecule has 0 heterocycles. The summed E-state index contributed by atoms with van der Waals surface area (Å²) >= 11 is 1.98. The van der Waals surface area contributed by atoms with Crippen molar-refractivity contribution in [3.8, 4) is 11.8 Å². The first-order valence-electron chi connectivity index (χ1n) is 7.61. The maximum atomic E-state index is 9.07. The molecule has 0 unspecified atom stereocenters. The van der Waals surface area contributed by atoms with Crippen molar-refractivity contribution in [1.29, 1.82) is 5.26 Å². The van der Waals surface area contributed by atoms with Gasteiger partial charge in [0.25, 0.3) is 0 Å². The smallest absolute Gasteiger partial charge is 0.137 e. The summed E-state index contributed by atoms with van der Waals surface area (Å²) in [5, 5.41) is 9.07. The topological polar surface area (TPSA) is 33.0 Å². The largest absolute Gasteiger partial charge is 0.488 e. The average molecular weight is 311 g/mol. The van der Waals surface area contributed by atoms with Gasteiger partial charge in [0.15, 0.2) is 0 Å². The van der Waals surface area contributed by atoms with Crippen LogP contribution in [0, 0.1) is 11.3 Å². The van der Waals surface area contributed by atoms with Crippen molar-refractivity contribution < 1.29 is 4.74 Å². The minimum atomic E-state index is 0.492. The molecule has 0 aliphatic heterocycles. The van der Waals surface area contributed by atoms with Gasteiger partial charge in [0, 0.05) is 5.75 Å². The van der Waals surface area contributed by atoms with Crippen molar-refractivity contribution in [2.75, 3.05) is 5.75 Å². The van der Waals surface area contributed by atoms with Crippen LogP contribution in [0.15, 0.2) is 48.5 Å². The SMILES string of the molecule is CCCCSCc1cccc(COc2ccccc2C#N)c1. The molecule has 0 aliphatic carbocycles. The van der Waals surface area contributed by atoms with Gasteiger partial charge in [-0.25, -0.2) is 0 Å². The lowest BCUT2D eigenvalue weighted by atomic mass is 10.1. The molecule has 0 saturated carbocycles. The molecule has 2 aromatic carbocycles. The van der Waals surface area contributed by atoms with E-state index in [0.29, 0.717) is 17.9 Å². The second-order valence-corrected chi connectivity index (χ2v) is 6.23. The molecule has 0 N–H and O–H groups in total. The summed E-state index contributed by atoms with van der Waals surface area (Å²) in [5.41, 5.74) is 3.05. The van der Waals surface area contributed by atoms with Crippen LogP contribution in [0.2, 0.25) is 0 Å². The number of nitrogens with zero attached hydrogens (tertiary/aromatic N) is 1. The zero-order valence-corrected chi connectivity index (χ0v) is 13.7. The third-order valence-electron chi connectivity index (χ3n) is 3.30. The van der Waals surface area contributed by atoms with E-state index in [1.165, 1.54) is 24.2 Å². The number of benzene rings is 2. The maximum absolute atomic E-state index is 9.07. The summed E-state index contributed by atoms with van der Waals surface area (Å²) in [4.78, 5) is 0. The molecule has 114 valence electrons. The van der Waals surface area contributed by atoms with E-state index in [1.807, 2.05) is 30.0 Å². The molecular formula is C19H21NOS. The standard InChI is InChI=1S/C19H21NOS/c1-2-3-11-22-15-17-8-6-7-16(12-17)14-21-19-10-5-4-9-18(19)13-20/h4-10,12H,2-3,11,14-15H2,1H3. The lowest BCUT2D eigenvalue weighted by Crippen LogP contribution is -1.98. The highest BCUT2D eigenvalue weighted by Crippen LogP contribution is 2.19. The Labute approximate surface area is 137 Å². The third kappa shape index (κ3) is 5.13. The van der Waals surface area contributed by atoms with Crippen molar-refractivity contribution in [3.05, 3.63) is 65.2 Å². The number of hydrogen-bond donors (Lipinski definition) is 0. The monoisotopic (exact) mass is 311 g/mol. The van der Waals surface area contributed by atoms with E-state index in [4.69, 9.17) is 10.00 Å². The second kappa shape index (κ2) is 9.17. The Morgan fingerprint density at radius 3 is 2.73 bits per heavy atom. The van der Waals surface area contributed by atoms with E-state index in [9.17, 15) is 0 Å². The van der Waals surface area contributed by atoms with Crippen LogP contribution in [0.3, 0.4) is 0 Å². The number of nitriles is 1. The normalized spacial score (nSPS) is 10.2. The molecule has 0 spiro atoms. The summed E-state index contributed by atoms with van der Waals surface area (Å²) in [6.07, 6.45) is 2.53. The van der Waals surface area contributed by atoms with Crippen molar-refractivity contribution in [2.45, 2.75) is 32.1 Å². The average Bonchev–Trinajstić information content (AvgIpc) is 2.57. The third-order valence-corrected chi connectivity index (χ3v) is 4.42. The van der Waals surface area contributed by atoms with Crippen LogP contribution in [-0.2, 0) is 12.4 Å². The number of rotatable bonds is 8. The van der Waals surface area contributed by atoms with Crippen LogP contribution in [-0.4, -0.2) is 5.75 Å². The fourth-order valence-corrected chi connectivity index (χ4v) is 3.14. The molecule has 0 aromatic heterocycles. The van der Waals surface area contributed by atoms with E-state index in [1.54, 1.807) is 6.07 Å². The molecule has 2 rings (SSSR count). The van der Waals surface area contributed by atoms with E-state index in [2.05, 4.69) is 37.3 Å². The first kappa shape index (κ1) is 16.5. The minimum Gasteiger partial charge on any atom is -0.488 e. The van der Waals surface area contributed by atoms with Gasteiger partial charge in [-0.05, 0) is 35.4 Å². The van der Waals surface area contributed by atoms with Crippen molar-refractivity contribution in [3.63, 3.8) is 0 Å². The Balaban J connectivity index is 1.91. The van der Waals surface area contributed by atoms with Gasteiger partial charge >= 0.3 is 0 Å². The lowest BCUT2D eigenvalue weighted by Gasteiger charge is -2.09. The van der Waals surface area contributed by atoms with E-state index < -0.39 is 0 Å². The van der Waals surface area contributed by atoms with Crippen molar-refractivity contribution >= 4 is 11.8 Å². The summed E-state index contributed by atoms with van der Waals surface area (Å²) in [6.45, 7) is 2.71. The van der Waals surface area contributed by atoms with Gasteiger partial charge in [0.2, 0.25) is 0 Å². The summed E-state index contributed by atoms with van der Waals surface area (Å²) < 4.78 is 5.78. The zero-order chi connectivity index (χ0) is 15.6. The molecule has 3 heteroatoms. The van der Waals surface area contributed by atoms with Crippen LogP contribution in [0.1, 0.15) is 36.5 Å². The van der Waals surface area contributed by atoms with Gasteiger partial charge in [0.1, 0.15) is 18.4 Å². The molecule has 0 atom stereocenters. The van der Waals surface area contributed by atoms with Crippen LogP contribution in [0.25, 0.3) is 0 Å². The number of thioether (sulfide) groups is 1. The highest BCUT2D eigenvalue weighted by molar-refractivity contribution is 7.98. The van der Waals surface area contributed by atoms with Crippen molar-refractivity contribution in [1.82, 2.24) is 0 Å². The number of para-hydroxylation sites is 1. The number of unbranched alkanes of at least 4 members (excludes halogenated alkanes) is 1. The van der Waals surface area contributed by atoms with Gasteiger partial charge in [-0.3, -0.25) is 0 Å². The zero-order valence-electron chi connectivity index (χ0n) is 12.9. The molecule has 0 aliphatic rings. The van der Waals surface area contributed by atoms with Gasteiger partial charge in [-0.2, -0.15) is 17.0 Å². The molecule has 2 aromatic rings. The first-order valence-corrected chi connectivity index (χ1v) is 8.76. The number of ether oxygens (including phenoxy) is 1. The van der Waals surface area contributed by atoms with Crippen LogP contribution in [0.5, 0.6) is 5.75 Å². The van der Waals surface area contributed by atoms with Gasteiger partial charge in [0.05, 0.1) is 5.56 Å². The fraction of sp³-hybridized carbons (Fsp3) is 0.316. The van der Waals surface area contributed by atoms with E-state index >= 15 is 0 Å². The van der Waals surface area contributed by atoms with Gasteiger partial charge in [-0.1, -0.05) is 49.7 Å². The van der Waals surface area contributed by atoms with Crippen LogP contribution in [0.4, 0.5) is 0 Å². The first-order chi connectivity index (χ1) is 10.8. The molecule has 0 bridgehead atoms. The predicted octanol–water partition coefficient (Wildman–Crippen LogP) is 5.17. The summed E-state index contributed by atoms with van der Waals surface area (Å²) in [6, 6.07) is 18.0. The van der Waals surface area contributed by atoms with Gasteiger partial charge in [-0.15, -0.1) is 0 Å². The molecule has 0 radical (unpaired) electrons. The molecule has 0 saturated heterocycles. The lowest BCUT2D eigenvalue weighted by molar-refractivity contribution is 0.305. The van der Waals surface area contributed by atoms with Crippen molar-refractivity contribution in [2.24, 2.45) is 0 Å². The number of hydrogen-bond acceptors (Lipinski definition) is 3. The highest BCUT2D eigenvalue weighted by atomic mass is 32.2. The highest BCUT2D eigenvalue weighted by Gasteiger charge is 2.03. The Morgan fingerprint density at radius 1 is 1.09 bits per heavy atom. The Bertz CT molecular complexity index is 633. The van der Waals surface area contributed by atoms with Gasteiger partial charge < -0.3 is 4.74 Å².